The zero-order valence-electron chi connectivity index (χ0n) is 18.2. The molecule has 154 valence electrons. The van der Waals surface area contributed by atoms with E-state index in [1.807, 2.05) is 13.0 Å². The van der Waals surface area contributed by atoms with Gasteiger partial charge in [0.1, 0.15) is 5.82 Å². The van der Waals surface area contributed by atoms with Gasteiger partial charge in [0.25, 0.3) is 0 Å². The molecule has 0 saturated heterocycles. The average Bonchev–Trinajstić information content (AvgIpc) is 3.12. The summed E-state index contributed by atoms with van der Waals surface area (Å²) in [4.78, 5) is 7.36. The number of hydrogen-bond donors (Lipinski definition) is 0. The Bertz CT molecular complexity index is 1180. The second kappa shape index (κ2) is 6.94. The third kappa shape index (κ3) is 2.57. The highest BCUT2D eigenvalue weighted by atomic mass is 19.1. The van der Waals surface area contributed by atoms with Crippen LogP contribution in [-0.4, -0.2) is 9.88 Å². The average molecular weight is 401 g/mol. The summed E-state index contributed by atoms with van der Waals surface area (Å²) in [6.07, 6.45) is 9.44. The highest BCUT2D eigenvalue weighted by molar-refractivity contribution is 5.92. The standard InChI is InChI=1S/C27H29FN2/c1-6-9-19-17(5)30-14-22-20-11-8-10-18-16(4)23(28)13-24(26(18)20)29-27(22)25(30)12-21(19)15(3)7-2/h7,12-13,15H,2,5-6,8-11,14H2,1,3-4H3. The first-order chi connectivity index (χ1) is 14.5. The lowest BCUT2D eigenvalue weighted by Gasteiger charge is -2.32. The van der Waals surface area contributed by atoms with E-state index in [-0.39, 0.29) is 11.7 Å². The number of fused-ring (bicyclic) bond motifs is 4. The minimum atomic E-state index is -0.138. The van der Waals surface area contributed by atoms with Crippen molar-refractivity contribution in [3.63, 3.8) is 0 Å². The normalized spacial score (nSPS) is 18.5. The molecule has 1 aromatic carbocycles. The molecular weight excluding hydrogens is 371 g/mol. The maximum absolute atomic E-state index is 14.7. The minimum Gasteiger partial charge on any atom is -0.335 e. The summed E-state index contributed by atoms with van der Waals surface area (Å²) in [6.45, 7) is 15.6. The molecule has 2 nitrogen and oxygen atoms in total. The Morgan fingerprint density at radius 1 is 1.27 bits per heavy atom. The van der Waals surface area contributed by atoms with Gasteiger partial charge in [0, 0.05) is 22.7 Å². The van der Waals surface area contributed by atoms with Crippen LogP contribution < -0.4 is 0 Å². The van der Waals surface area contributed by atoms with Gasteiger partial charge in [-0.25, -0.2) is 9.37 Å². The zero-order valence-corrected chi connectivity index (χ0v) is 18.2. The van der Waals surface area contributed by atoms with Gasteiger partial charge in [-0.1, -0.05) is 32.9 Å². The van der Waals surface area contributed by atoms with Gasteiger partial charge in [0.2, 0.25) is 0 Å². The predicted molar refractivity (Wildman–Crippen MR) is 122 cm³/mol. The van der Waals surface area contributed by atoms with E-state index in [4.69, 9.17) is 4.98 Å². The van der Waals surface area contributed by atoms with Crippen molar-refractivity contribution in [3.8, 4) is 0 Å². The Morgan fingerprint density at radius 2 is 2.03 bits per heavy atom. The largest absolute Gasteiger partial charge is 0.335 e. The van der Waals surface area contributed by atoms with E-state index in [2.05, 4.69) is 38.0 Å². The highest BCUT2D eigenvalue weighted by Crippen LogP contribution is 2.47. The second-order valence-corrected chi connectivity index (χ2v) is 8.90. The molecule has 1 unspecified atom stereocenters. The number of aryl methyl sites for hydroxylation is 2. The number of hydrogen-bond acceptors (Lipinski definition) is 2. The van der Waals surface area contributed by atoms with E-state index in [1.165, 1.54) is 27.7 Å². The molecule has 0 bridgehead atoms. The van der Waals surface area contributed by atoms with Crippen molar-refractivity contribution < 1.29 is 4.39 Å². The summed E-state index contributed by atoms with van der Waals surface area (Å²) in [5.74, 6) is 0.119. The fraction of sp³-hybridized carbons (Fsp3) is 0.370. The van der Waals surface area contributed by atoms with Gasteiger partial charge in [-0.15, -0.1) is 6.58 Å². The molecule has 1 atom stereocenters. The molecule has 0 radical (unpaired) electrons. The van der Waals surface area contributed by atoms with Gasteiger partial charge in [-0.2, -0.15) is 0 Å². The Balaban J connectivity index is 1.77. The number of rotatable bonds is 4. The Hall–Kier alpha value is -2.68. The van der Waals surface area contributed by atoms with Crippen molar-refractivity contribution in [2.75, 3.05) is 0 Å². The Labute approximate surface area is 178 Å². The Kier molecular flexibility index (Phi) is 4.46. The number of aromatic nitrogens is 1. The van der Waals surface area contributed by atoms with Crippen LogP contribution in [0.1, 0.15) is 61.1 Å². The number of allylic oxidation sites excluding steroid dienone is 4. The number of nitrogens with zero attached hydrogens (tertiary/aromatic N) is 2. The summed E-state index contributed by atoms with van der Waals surface area (Å²) in [5.41, 5.74) is 11.3. The van der Waals surface area contributed by atoms with Gasteiger partial charge in [-0.3, -0.25) is 0 Å². The smallest absolute Gasteiger partial charge is 0.128 e. The van der Waals surface area contributed by atoms with Gasteiger partial charge < -0.3 is 4.90 Å². The number of halogens is 1. The molecular formula is C27H29FN2. The van der Waals surface area contributed by atoms with E-state index >= 15 is 0 Å². The van der Waals surface area contributed by atoms with Gasteiger partial charge >= 0.3 is 0 Å². The highest BCUT2D eigenvalue weighted by Gasteiger charge is 2.36. The van der Waals surface area contributed by atoms with E-state index in [0.717, 1.165) is 72.4 Å². The Morgan fingerprint density at radius 3 is 2.77 bits per heavy atom. The molecule has 30 heavy (non-hydrogen) atoms. The van der Waals surface area contributed by atoms with Crippen LogP contribution in [0, 0.1) is 18.7 Å². The maximum atomic E-state index is 14.7. The van der Waals surface area contributed by atoms with Crippen molar-refractivity contribution in [1.29, 1.82) is 0 Å². The fourth-order valence-electron chi connectivity index (χ4n) is 5.50. The van der Waals surface area contributed by atoms with Crippen molar-refractivity contribution >= 4 is 16.6 Å². The quantitative estimate of drug-likeness (QED) is 0.526. The lowest BCUT2D eigenvalue weighted by molar-refractivity contribution is 0.500. The summed E-state index contributed by atoms with van der Waals surface area (Å²) >= 11 is 0. The molecule has 0 amide bonds. The molecule has 0 saturated carbocycles. The molecule has 1 aromatic heterocycles. The van der Waals surface area contributed by atoms with Crippen molar-refractivity contribution in [2.45, 2.75) is 59.4 Å². The van der Waals surface area contributed by atoms with Crippen LogP contribution in [0.3, 0.4) is 0 Å². The van der Waals surface area contributed by atoms with E-state index in [9.17, 15) is 4.39 Å². The van der Waals surface area contributed by atoms with Crippen molar-refractivity contribution in [3.05, 3.63) is 82.0 Å². The van der Waals surface area contributed by atoms with Crippen LogP contribution in [-0.2, 0) is 19.4 Å². The summed E-state index contributed by atoms with van der Waals surface area (Å²) < 4.78 is 14.7. The topological polar surface area (TPSA) is 16.1 Å². The summed E-state index contributed by atoms with van der Waals surface area (Å²) in [7, 11) is 0. The van der Waals surface area contributed by atoms with Crippen LogP contribution in [0.25, 0.3) is 16.6 Å². The lowest BCUT2D eigenvalue weighted by atomic mass is 9.84. The molecule has 3 heteroatoms. The molecule has 1 aliphatic carbocycles. The number of benzene rings is 1. The van der Waals surface area contributed by atoms with E-state index in [0.29, 0.717) is 0 Å². The first kappa shape index (κ1) is 19.3. The van der Waals surface area contributed by atoms with Crippen molar-refractivity contribution in [1.82, 2.24) is 9.88 Å². The summed E-state index contributed by atoms with van der Waals surface area (Å²) in [5, 5.41) is 1.20. The number of pyridine rings is 1. The third-order valence-electron chi connectivity index (χ3n) is 7.18. The van der Waals surface area contributed by atoms with Gasteiger partial charge in [-0.05, 0) is 72.4 Å². The van der Waals surface area contributed by atoms with Crippen LogP contribution >= 0.6 is 0 Å². The van der Waals surface area contributed by atoms with Crippen LogP contribution in [0.5, 0.6) is 0 Å². The van der Waals surface area contributed by atoms with E-state index in [1.54, 1.807) is 6.07 Å². The van der Waals surface area contributed by atoms with Crippen LogP contribution in [0.2, 0.25) is 0 Å². The SMILES string of the molecule is C=CC(C)C1=C(CCC)C(=C)N2Cc3c(nc4cc(F)c(C)c5c4c3CCC5)C2=C1. The third-order valence-corrected chi connectivity index (χ3v) is 7.18. The molecule has 5 rings (SSSR count). The maximum Gasteiger partial charge on any atom is 0.128 e. The first-order valence-corrected chi connectivity index (χ1v) is 11.1. The minimum absolute atomic E-state index is 0.138. The zero-order chi connectivity index (χ0) is 21.2. The lowest BCUT2D eigenvalue weighted by Crippen LogP contribution is -2.22. The van der Waals surface area contributed by atoms with Crippen LogP contribution in [0.4, 0.5) is 4.39 Å². The molecule has 0 N–H and O–H groups in total. The monoisotopic (exact) mass is 400 g/mol. The molecule has 3 heterocycles. The van der Waals surface area contributed by atoms with Crippen molar-refractivity contribution in [2.24, 2.45) is 5.92 Å². The molecule has 2 aliphatic heterocycles. The summed E-state index contributed by atoms with van der Waals surface area (Å²) in [6, 6.07) is 1.63. The molecule has 3 aliphatic rings. The first-order valence-electron chi connectivity index (χ1n) is 11.1. The second-order valence-electron chi connectivity index (χ2n) is 8.90. The van der Waals surface area contributed by atoms with Gasteiger partial charge in [0.05, 0.1) is 23.5 Å². The van der Waals surface area contributed by atoms with Crippen LogP contribution in [0.15, 0.2) is 48.2 Å². The molecule has 0 spiro atoms. The van der Waals surface area contributed by atoms with Gasteiger partial charge in [0.15, 0.2) is 0 Å². The molecule has 0 fully saturated rings. The fourth-order valence-corrected chi connectivity index (χ4v) is 5.50. The van der Waals surface area contributed by atoms with E-state index < -0.39 is 0 Å². The molecule has 2 aromatic rings. The predicted octanol–water partition coefficient (Wildman–Crippen LogP) is 6.77.